The second kappa shape index (κ2) is 17.9. The molecule has 4 rings (SSSR count). The summed E-state index contributed by atoms with van der Waals surface area (Å²) in [6.07, 6.45) is 0.620. The summed E-state index contributed by atoms with van der Waals surface area (Å²) in [6, 6.07) is 12.2. The van der Waals surface area contributed by atoms with Crippen LogP contribution < -0.4 is 38.1 Å². The highest BCUT2D eigenvalue weighted by atomic mass is 16.3. The molecule has 1 heterocycles. The fraction of sp³-hybridized carbons (Fsp3) is 0.368. The highest BCUT2D eigenvalue weighted by Gasteiger charge is 2.34. The lowest BCUT2D eigenvalue weighted by Crippen LogP contribution is -2.54. The van der Waals surface area contributed by atoms with E-state index < -0.39 is 72.1 Å². The molecule has 6 amide bonds. The monoisotopic (exact) mass is 713 g/mol. The van der Waals surface area contributed by atoms with Crippen LogP contribution in [0.15, 0.2) is 66.7 Å². The van der Waals surface area contributed by atoms with E-state index >= 15 is 0 Å². The normalized spacial score (nSPS) is 21.4. The predicted molar refractivity (Wildman–Crippen MR) is 193 cm³/mol. The first-order valence-corrected chi connectivity index (χ1v) is 17.2. The van der Waals surface area contributed by atoms with Crippen LogP contribution in [0, 0.1) is 20.8 Å². The summed E-state index contributed by atoms with van der Waals surface area (Å²) in [6.45, 7) is 5.61. The molecule has 0 spiro atoms. The standard InChI is InChI=1S/C38H47N7O7/c1-21-10-9-13-25(16-21)33-38(52)45-32(24-11-5-4-6-12-24)37(51)43-30(34(40)48)20-31(47)41-15-8-7-14-29(36(50)44-33)42-35(49)28(39)19-27-22(2)17-26(46)18-23(27)3/h4-6,9-13,16-18,28-30,32-33,46H,7-8,14-15,19-20,39H2,1-3H3,(H2,40,48)(H,41,47)(H,42,49)(H,43,51)(H,44,50)(H,45,52)/t28-,29+,30-,32-,33-/m0/s1. The summed E-state index contributed by atoms with van der Waals surface area (Å²) in [7, 11) is 0. The molecule has 52 heavy (non-hydrogen) atoms. The highest BCUT2D eigenvalue weighted by Crippen LogP contribution is 2.23. The van der Waals surface area contributed by atoms with Crippen LogP contribution in [0.2, 0.25) is 0 Å². The summed E-state index contributed by atoms with van der Waals surface area (Å²) >= 11 is 0. The van der Waals surface area contributed by atoms with E-state index in [1.165, 1.54) is 0 Å². The van der Waals surface area contributed by atoms with Gasteiger partial charge < -0.3 is 43.2 Å². The Morgan fingerprint density at radius 2 is 1.44 bits per heavy atom. The summed E-state index contributed by atoms with van der Waals surface area (Å²) in [5.41, 5.74) is 15.8. The Morgan fingerprint density at radius 3 is 2.10 bits per heavy atom. The van der Waals surface area contributed by atoms with Crippen molar-refractivity contribution in [2.24, 2.45) is 11.5 Å². The van der Waals surface area contributed by atoms with Crippen molar-refractivity contribution >= 4 is 35.4 Å². The van der Waals surface area contributed by atoms with E-state index in [9.17, 15) is 33.9 Å². The topological polar surface area (TPSA) is 235 Å². The average Bonchev–Trinajstić information content (AvgIpc) is 3.09. The van der Waals surface area contributed by atoms with Gasteiger partial charge in [0.2, 0.25) is 35.4 Å². The van der Waals surface area contributed by atoms with Gasteiger partial charge in [-0.1, -0.05) is 60.2 Å². The van der Waals surface area contributed by atoms with E-state index in [4.69, 9.17) is 11.5 Å². The first-order chi connectivity index (χ1) is 24.7. The molecule has 276 valence electrons. The molecule has 0 aliphatic carbocycles. The molecule has 0 unspecified atom stereocenters. The maximum absolute atomic E-state index is 14.2. The van der Waals surface area contributed by atoms with Crippen molar-refractivity contribution in [3.05, 3.63) is 100 Å². The minimum absolute atomic E-state index is 0.0990. The van der Waals surface area contributed by atoms with Crippen LogP contribution in [0.5, 0.6) is 5.75 Å². The number of rotatable bonds is 7. The average molecular weight is 714 g/mol. The third kappa shape index (κ3) is 10.6. The van der Waals surface area contributed by atoms with Crippen molar-refractivity contribution in [1.29, 1.82) is 0 Å². The fourth-order valence-corrected chi connectivity index (χ4v) is 6.15. The number of amides is 6. The molecule has 3 aromatic rings. The van der Waals surface area contributed by atoms with Crippen molar-refractivity contribution < 1.29 is 33.9 Å². The second-order valence-corrected chi connectivity index (χ2v) is 13.2. The molecule has 14 heteroatoms. The van der Waals surface area contributed by atoms with E-state index in [1.807, 2.05) is 13.0 Å². The van der Waals surface area contributed by atoms with Crippen LogP contribution in [-0.2, 0) is 35.2 Å². The molecule has 0 saturated carbocycles. The lowest BCUT2D eigenvalue weighted by atomic mass is 9.95. The van der Waals surface area contributed by atoms with Gasteiger partial charge in [0, 0.05) is 6.54 Å². The van der Waals surface area contributed by atoms with Gasteiger partial charge in [0.1, 0.15) is 29.9 Å². The number of aryl methyl sites for hydroxylation is 3. The maximum atomic E-state index is 14.2. The minimum Gasteiger partial charge on any atom is -0.508 e. The lowest BCUT2D eigenvalue weighted by Gasteiger charge is -2.27. The number of nitrogens with two attached hydrogens (primary N) is 2. The molecular formula is C38H47N7O7. The number of nitrogens with one attached hydrogen (secondary N) is 5. The van der Waals surface area contributed by atoms with Gasteiger partial charge in [-0.05, 0) is 86.4 Å². The Hall–Kier alpha value is -5.76. The molecular weight excluding hydrogens is 666 g/mol. The molecule has 14 nitrogen and oxygen atoms in total. The summed E-state index contributed by atoms with van der Waals surface area (Å²) < 4.78 is 0. The van der Waals surface area contributed by atoms with Gasteiger partial charge in [0.05, 0.1) is 12.5 Å². The first kappa shape index (κ1) is 39.0. The van der Waals surface area contributed by atoms with E-state index in [0.717, 1.165) is 22.3 Å². The summed E-state index contributed by atoms with van der Waals surface area (Å²) in [4.78, 5) is 80.4. The Bertz CT molecular complexity index is 1780. The van der Waals surface area contributed by atoms with Crippen molar-refractivity contribution in [2.75, 3.05) is 6.54 Å². The number of phenolic OH excluding ortho intramolecular Hbond substituents is 1. The van der Waals surface area contributed by atoms with Crippen LogP contribution >= 0.6 is 0 Å². The Morgan fingerprint density at radius 1 is 0.827 bits per heavy atom. The van der Waals surface area contributed by atoms with Crippen LogP contribution in [0.1, 0.15) is 71.1 Å². The number of benzene rings is 3. The maximum Gasteiger partial charge on any atom is 0.248 e. The quantitative estimate of drug-likeness (QED) is 0.176. The number of aromatic hydroxyl groups is 1. The van der Waals surface area contributed by atoms with Crippen LogP contribution in [-0.4, -0.2) is 65.2 Å². The number of hydrogen-bond donors (Lipinski definition) is 8. The number of hydrogen-bond acceptors (Lipinski definition) is 8. The fourth-order valence-electron chi connectivity index (χ4n) is 6.15. The van der Waals surface area contributed by atoms with Crippen LogP contribution in [0.4, 0.5) is 0 Å². The third-order valence-corrected chi connectivity index (χ3v) is 8.97. The van der Waals surface area contributed by atoms with Gasteiger partial charge >= 0.3 is 0 Å². The zero-order valence-electron chi connectivity index (χ0n) is 29.5. The van der Waals surface area contributed by atoms with Gasteiger partial charge in [-0.25, -0.2) is 0 Å². The summed E-state index contributed by atoms with van der Waals surface area (Å²) in [5, 5.41) is 23.4. The van der Waals surface area contributed by atoms with E-state index in [-0.39, 0.29) is 25.1 Å². The van der Waals surface area contributed by atoms with Crippen molar-refractivity contribution in [3.63, 3.8) is 0 Å². The number of primary amides is 1. The van der Waals surface area contributed by atoms with Crippen molar-refractivity contribution in [1.82, 2.24) is 26.6 Å². The van der Waals surface area contributed by atoms with Crippen LogP contribution in [0.25, 0.3) is 0 Å². The van der Waals surface area contributed by atoms with Gasteiger partial charge in [-0.15, -0.1) is 0 Å². The number of phenols is 1. The minimum atomic E-state index is -1.36. The first-order valence-electron chi connectivity index (χ1n) is 17.2. The van der Waals surface area contributed by atoms with Gasteiger partial charge in [0.15, 0.2) is 0 Å². The summed E-state index contributed by atoms with van der Waals surface area (Å²) in [5.74, 6) is -4.18. The largest absolute Gasteiger partial charge is 0.508 e. The molecule has 5 atom stereocenters. The smallest absolute Gasteiger partial charge is 0.248 e. The molecule has 0 radical (unpaired) electrons. The molecule has 0 aromatic heterocycles. The highest BCUT2D eigenvalue weighted by molar-refractivity contribution is 5.97. The van der Waals surface area contributed by atoms with E-state index in [2.05, 4.69) is 26.6 Å². The Labute approximate surface area is 302 Å². The van der Waals surface area contributed by atoms with Crippen LogP contribution in [0.3, 0.4) is 0 Å². The molecule has 0 bridgehead atoms. The van der Waals surface area contributed by atoms with E-state index in [1.54, 1.807) is 74.5 Å². The molecule has 10 N–H and O–H groups in total. The predicted octanol–water partition coefficient (Wildman–Crippen LogP) is 1.05. The Kier molecular flexibility index (Phi) is 13.5. The van der Waals surface area contributed by atoms with E-state index in [0.29, 0.717) is 24.0 Å². The number of carbonyl (C=O) groups excluding carboxylic acids is 6. The Balaban J connectivity index is 1.68. The van der Waals surface area contributed by atoms with Crippen molar-refractivity contribution in [3.8, 4) is 5.75 Å². The molecule has 1 aliphatic rings. The molecule has 1 aliphatic heterocycles. The lowest BCUT2D eigenvalue weighted by molar-refractivity contribution is -0.135. The SMILES string of the molecule is Cc1cccc([C@@H]2NC(=O)[C@H](NC(=O)[C@@H](N)Cc3c(C)cc(O)cc3C)CCCCNC(=O)C[C@@H](C(N)=O)NC(=O)[C@H](c3ccccc3)NC2=O)c1. The molecule has 3 aromatic carbocycles. The molecule has 1 fully saturated rings. The van der Waals surface area contributed by atoms with Gasteiger partial charge in [-0.3, -0.25) is 28.8 Å². The molecule has 1 saturated heterocycles. The zero-order valence-corrected chi connectivity index (χ0v) is 29.5. The van der Waals surface area contributed by atoms with Crippen molar-refractivity contribution in [2.45, 2.75) is 83.1 Å². The van der Waals surface area contributed by atoms with Gasteiger partial charge in [0.25, 0.3) is 0 Å². The third-order valence-electron chi connectivity index (χ3n) is 8.97. The van der Waals surface area contributed by atoms with Gasteiger partial charge in [-0.2, -0.15) is 0 Å². The number of carbonyl (C=O) groups is 6. The zero-order chi connectivity index (χ0) is 37.9. The second-order valence-electron chi connectivity index (χ2n) is 13.2.